The van der Waals surface area contributed by atoms with E-state index in [0.717, 1.165) is 36.4 Å². The highest BCUT2D eigenvalue weighted by molar-refractivity contribution is 7.91. The molecule has 4 aromatic carbocycles. The van der Waals surface area contributed by atoms with Crippen molar-refractivity contribution in [3.63, 3.8) is 0 Å². The maximum atomic E-state index is 13.5. The number of benzene rings is 4. The van der Waals surface area contributed by atoms with Gasteiger partial charge in [-0.15, -0.1) is 0 Å². The molecule has 2 amide bonds. The molecule has 4 aromatic rings. The largest absolute Gasteiger partial charge is 0.506 e. The lowest BCUT2D eigenvalue weighted by Gasteiger charge is -2.13. The fourth-order valence-electron chi connectivity index (χ4n) is 4.36. The number of phenols is 2. The van der Waals surface area contributed by atoms with Gasteiger partial charge in [0.1, 0.15) is 18.1 Å². The smallest absolute Gasteiger partial charge is 0.338 e. The van der Waals surface area contributed by atoms with Gasteiger partial charge in [0.05, 0.1) is 33.8 Å². The Morgan fingerprint density at radius 2 is 1.27 bits per heavy atom. The maximum Gasteiger partial charge on any atom is 0.338 e. The number of anilines is 2. The van der Waals surface area contributed by atoms with Crippen LogP contribution in [0.15, 0.2) is 82.6 Å². The fourth-order valence-corrected chi connectivity index (χ4v) is 5.67. The fraction of sp³-hybridized carbons (Fsp3) is 0.125. The van der Waals surface area contributed by atoms with Crippen molar-refractivity contribution in [2.75, 3.05) is 17.7 Å². The second kappa shape index (κ2) is 13.3. The molecule has 232 valence electrons. The van der Waals surface area contributed by atoms with Crippen molar-refractivity contribution in [3.8, 4) is 11.5 Å². The number of hydrogen-bond acceptors (Lipinski definition) is 10. The zero-order chi connectivity index (χ0) is 32.9. The molecule has 0 atom stereocenters. The lowest BCUT2D eigenvalue weighted by molar-refractivity contribution is -0.129. The number of nitrogens with one attached hydrogen (secondary N) is 2. The van der Waals surface area contributed by atoms with E-state index in [-0.39, 0.29) is 50.2 Å². The zero-order valence-corrected chi connectivity index (χ0v) is 25.1. The summed E-state index contributed by atoms with van der Waals surface area (Å²) < 4.78 is 36.5. The first kappa shape index (κ1) is 32.2. The Hall–Kier alpha value is -5.69. The number of hydrogen-bond donors (Lipinski definition) is 4. The standard InChI is InChI=1S/C32H28N2O10S/c1-18-12-20(4-5-22(18)16-44-17-35)30(38)33-26-14-23(7-10-28(26)36)45(41,42)24-8-11-29(37)27(15-24)34-31(39)21-6-9-25(19(2)13-21)32(40)43-3/h4-15,17,36-37H,16H2,1-3H3,(H,33,38)(H,34,39). The van der Waals surface area contributed by atoms with Gasteiger partial charge >= 0.3 is 5.97 Å². The van der Waals surface area contributed by atoms with Gasteiger partial charge in [-0.1, -0.05) is 6.07 Å². The molecule has 4 rings (SSSR count). The molecule has 0 aromatic heterocycles. The Balaban J connectivity index is 1.57. The molecule has 0 heterocycles. The molecule has 0 saturated carbocycles. The molecule has 0 bridgehead atoms. The van der Waals surface area contributed by atoms with Gasteiger partial charge in [-0.2, -0.15) is 0 Å². The van der Waals surface area contributed by atoms with E-state index in [1.807, 2.05) is 0 Å². The minimum Gasteiger partial charge on any atom is -0.506 e. The van der Waals surface area contributed by atoms with Crippen molar-refractivity contribution in [2.24, 2.45) is 0 Å². The van der Waals surface area contributed by atoms with Gasteiger partial charge in [0.15, 0.2) is 0 Å². The summed E-state index contributed by atoms with van der Waals surface area (Å²) in [7, 11) is -3.05. The number of phenolic OH excluding ortho intramolecular Hbond substituents is 2. The Labute approximate surface area is 258 Å². The molecular formula is C32H28N2O10S. The van der Waals surface area contributed by atoms with Crippen molar-refractivity contribution in [2.45, 2.75) is 30.2 Å². The van der Waals surface area contributed by atoms with Crippen LogP contribution in [0.5, 0.6) is 11.5 Å². The van der Waals surface area contributed by atoms with E-state index in [1.54, 1.807) is 26.0 Å². The molecule has 0 spiro atoms. The summed E-state index contributed by atoms with van der Waals surface area (Å²) in [6.07, 6.45) is 0. The highest BCUT2D eigenvalue weighted by Gasteiger charge is 2.23. The van der Waals surface area contributed by atoms with Crippen LogP contribution in [0, 0.1) is 13.8 Å². The highest BCUT2D eigenvalue weighted by Crippen LogP contribution is 2.33. The number of carbonyl (C=O) groups excluding carboxylic acids is 4. The van der Waals surface area contributed by atoms with Gasteiger partial charge in [0, 0.05) is 11.1 Å². The van der Waals surface area contributed by atoms with E-state index >= 15 is 0 Å². The molecule has 0 aliphatic heterocycles. The summed E-state index contributed by atoms with van der Waals surface area (Å²) in [5.41, 5.74) is 2.09. The van der Waals surface area contributed by atoms with Gasteiger partial charge in [0.25, 0.3) is 18.3 Å². The summed E-state index contributed by atoms with van der Waals surface area (Å²) in [6.45, 7) is 3.69. The number of aryl methyl sites for hydroxylation is 2. The van der Waals surface area contributed by atoms with Crippen LogP contribution < -0.4 is 10.6 Å². The molecule has 13 heteroatoms. The third-order valence-electron chi connectivity index (χ3n) is 6.86. The van der Waals surface area contributed by atoms with E-state index in [9.17, 15) is 37.8 Å². The third kappa shape index (κ3) is 7.11. The number of rotatable bonds is 10. The van der Waals surface area contributed by atoms with Crippen LogP contribution in [0.2, 0.25) is 0 Å². The summed E-state index contributed by atoms with van der Waals surface area (Å²) in [5.74, 6) is -2.66. The predicted octanol–water partition coefficient (Wildman–Crippen LogP) is 4.51. The van der Waals surface area contributed by atoms with Gasteiger partial charge in [-0.25, -0.2) is 13.2 Å². The number of aromatic hydroxyl groups is 2. The number of carbonyl (C=O) groups is 4. The van der Waals surface area contributed by atoms with Crippen LogP contribution in [-0.4, -0.2) is 50.0 Å². The lowest BCUT2D eigenvalue weighted by Crippen LogP contribution is -2.14. The highest BCUT2D eigenvalue weighted by atomic mass is 32.2. The molecule has 0 aliphatic rings. The zero-order valence-electron chi connectivity index (χ0n) is 24.3. The van der Waals surface area contributed by atoms with Crippen molar-refractivity contribution < 1.29 is 47.3 Å². The van der Waals surface area contributed by atoms with E-state index < -0.39 is 33.4 Å². The van der Waals surface area contributed by atoms with Gasteiger partial charge in [0.2, 0.25) is 9.84 Å². The van der Waals surface area contributed by atoms with E-state index in [0.29, 0.717) is 23.2 Å². The van der Waals surface area contributed by atoms with Crippen molar-refractivity contribution in [3.05, 3.63) is 106 Å². The summed E-state index contributed by atoms with van der Waals surface area (Å²) >= 11 is 0. The number of methoxy groups -OCH3 is 1. The van der Waals surface area contributed by atoms with Gasteiger partial charge in [-0.05, 0) is 97.3 Å². The topological polar surface area (TPSA) is 185 Å². The lowest BCUT2D eigenvalue weighted by atomic mass is 10.0. The Kier molecular flexibility index (Phi) is 9.53. The van der Waals surface area contributed by atoms with Crippen LogP contribution in [-0.2, 0) is 30.7 Å². The molecule has 45 heavy (non-hydrogen) atoms. The molecule has 0 unspecified atom stereocenters. The van der Waals surface area contributed by atoms with Crippen LogP contribution in [0.1, 0.15) is 47.8 Å². The average molecular weight is 633 g/mol. The number of amides is 2. The molecular weight excluding hydrogens is 604 g/mol. The first-order valence-corrected chi connectivity index (χ1v) is 14.7. The van der Waals surface area contributed by atoms with E-state index in [2.05, 4.69) is 10.6 Å². The molecule has 0 radical (unpaired) electrons. The van der Waals surface area contributed by atoms with Crippen molar-refractivity contribution >= 4 is 45.5 Å². The second-order valence-corrected chi connectivity index (χ2v) is 11.8. The Bertz CT molecular complexity index is 1940. The van der Waals surface area contributed by atoms with E-state index in [1.165, 1.54) is 31.4 Å². The second-order valence-electron chi connectivity index (χ2n) is 9.84. The third-order valence-corrected chi connectivity index (χ3v) is 8.61. The molecule has 0 fully saturated rings. The van der Waals surface area contributed by atoms with Crippen molar-refractivity contribution in [1.82, 2.24) is 0 Å². The number of esters is 1. The molecule has 0 saturated heterocycles. The average Bonchev–Trinajstić information content (AvgIpc) is 3.01. The molecule has 4 N–H and O–H groups in total. The minimum atomic E-state index is -4.28. The maximum absolute atomic E-state index is 13.5. The van der Waals surface area contributed by atoms with Crippen molar-refractivity contribution in [1.29, 1.82) is 0 Å². The summed E-state index contributed by atoms with van der Waals surface area (Å²) in [4.78, 5) is 47.6. The van der Waals surface area contributed by atoms with E-state index in [4.69, 9.17) is 9.47 Å². The van der Waals surface area contributed by atoms with Crippen LogP contribution >= 0.6 is 0 Å². The molecule has 0 aliphatic carbocycles. The van der Waals surface area contributed by atoms with Gasteiger partial charge < -0.3 is 30.3 Å². The summed E-state index contributed by atoms with van der Waals surface area (Å²) in [6, 6.07) is 15.5. The van der Waals surface area contributed by atoms with Gasteiger partial charge in [-0.3, -0.25) is 14.4 Å². The minimum absolute atomic E-state index is 0.0321. The molecule has 12 nitrogen and oxygen atoms in total. The van der Waals surface area contributed by atoms with Crippen LogP contribution in [0.3, 0.4) is 0 Å². The normalized spacial score (nSPS) is 10.9. The number of ether oxygens (including phenoxy) is 2. The monoisotopic (exact) mass is 632 g/mol. The van der Waals surface area contributed by atoms with Crippen LogP contribution in [0.4, 0.5) is 11.4 Å². The SMILES string of the molecule is COC(=O)c1ccc(C(=O)Nc2cc(S(=O)(=O)c3ccc(O)c(NC(=O)c4ccc(COC=O)c(C)c4)c3)ccc2O)cc1C. The first-order valence-electron chi connectivity index (χ1n) is 13.2. The predicted molar refractivity (Wildman–Crippen MR) is 162 cm³/mol. The quantitative estimate of drug-likeness (QED) is 0.110. The first-order chi connectivity index (χ1) is 21.3. The summed E-state index contributed by atoms with van der Waals surface area (Å²) in [5, 5.41) is 25.7. The Morgan fingerprint density at radius 1 is 0.756 bits per heavy atom. The van der Waals surface area contributed by atoms with Crippen LogP contribution in [0.25, 0.3) is 0 Å². The Morgan fingerprint density at radius 3 is 1.73 bits per heavy atom. The number of sulfone groups is 1.